The van der Waals surface area contributed by atoms with E-state index in [-0.39, 0.29) is 5.97 Å². The number of rotatable bonds is 3. The van der Waals surface area contributed by atoms with Gasteiger partial charge < -0.3 is 10.5 Å². The van der Waals surface area contributed by atoms with Crippen molar-refractivity contribution in [1.29, 1.82) is 0 Å². The Morgan fingerprint density at radius 2 is 2.18 bits per heavy atom. The van der Waals surface area contributed by atoms with Gasteiger partial charge in [-0.1, -0.05) is 0 Å². The van der Waals surface area contributed by atoms with E-state index in [0.717, 1.165) is 11.4 Å². The molecule has 0 aliphatic rings. The molecule has 0 aromatic carbocycles. The number of nitrogens with zero attached hydrogens (tertiary/aromatic N) is 2. The Labute approximate surface area is 102 Å². The Hall–Kier alpha value is -1.36. The molecule has 1 aromatic rings. The zero-order chi connectivity index (χ0) is 13.2. The number of esters is 1. The van der Waals surface area contributed by atoms with Crippen molar-refractivity contribution in [1.82, 2.24) is 9.78 Å². The van der Waals surface area contributed by atoms with Gasteiger partial charge in [-0.25, -0.2) is 0 Å². The summed E-state index contributed by atoms with van der Waals surface area (Å²) in [5.74, 6) is -0.378. The van der Waals surface area contributed by atoms with Crippen molar-refractivity contribution in [3.8, 4) is 0 Å². The molecule has 1 aromatic heterocycles. The molecule has 1 unspecified atom stereocenters. The zero-order valence-electron chi connectivity index (χ0n) is 11.2. The first-order valence-corrected chi connectivity index (χ1v) is 5.67. The lowest BCUT2D eigenvalue weighted by atomic mass is 10.1. The molecule has 1 heterocycles. The zero-order valence-corrected chi connectivity index (χ0v) is 11.2. The standard InChI is InChI=1S/C12H21N3O2/c1-8-6-9(15(5)14-8)7-10(13)11(16)17-12(2,3)4/h6,10H,7,13H2,1-5H3. The van der Waals surface area contributed by atoms with E-state index in [2.05, 4.69) is 5.10 Å². The molecular weight excluding hydrogens is 218 g/mol. The third kappa shape index (κ3) is 4.19. The van der Waals surface area contributed by atoms with E-state index in [9.17, 15) is 4.79 Å². The molecule has 1 rings (SSSR count). The highest BCUT2D eigenvalue weighted by atomic mass is 16.6. The molecule has 0 bridgehead atoms. The van der Waals surface area contributed by atoms with Crippen molar-refractivity contribution in [3.05, 3.63) is 17.5 Å². The molecule has 96 valence electrons. The Morgan fingerprint density at radius 1 is 1.59 bits per heavy atom. The number of nitrogens with two attached hydrogens (primary N) is 1. The Bertz CT molecular complexity index is 404. The van der Waals surface area contributed by atoms with Gasteiger partial charge in [-0.2, -0.15) is 5.10 Å². The van der Waals surface area contributed by atoms with Crippen molar-refractivity contribution >= 4 is 5.97 Å². The molecule has 0 saturated heterocycles. The van der Waals surface area contributed by atoms with Crippen molar-refractivity contribution in [2.45, 2.75) is 45.8 Å². The summed E-state index contributed by atoms with van der Waals surface area (Å²) in [5.41, 5.74) is 7.16. The molecule has 0 radical (unpaired) electrons. The molecule has 0 aliphatic carbocycles. The molecule has 0 aliphatic heterocycles. The largest absolute Gasteiger partial charge is 0.459 e. The summed E-state index contributed by atoms with van der Waals surface area (Å²) in [6.07, 6.45) is 0.437. The predicted molar refractivity (Wildman–Crippen MR) is 65.5 cm³/mol. The number of aryl methyl sites for hydroxylation is 2. The Kier molecular flexibility index (Phi) is 3.93. The van der Waals surface area contributed by atoms with Crippen LogP contribution in [0.5, 0.6) is 0 Å². The van der Waals surface area contributed by atoms with E-state index in [0.29, 0.717) is 6.42 Å². The van der Waals surface area contributed by atoms with Gasteiger partial charge in [0.1, 0.15) is 11.6 Å². The summed E-state index contributed by atoms with van der Waals surface area (Å²) in [4.78, 5) is 11.7. The van der Waals surface area contributed by atoms with Crippen LogP contribution in [0, 0.1) is 6.92 Å². The molecule has 0 spiro atoms. The first kappa shape index (κ1) is 13.7. The summed E-state index contributed by atoms with van der Waals surface area (Å²) in [7, 11) is 1.84. The van der Waals surface area contributed by atoms with Crippen LogP contribution in [-0.4, -0.2) is 27.4 Å². The fourth-order valence-corrected chi connectivity index (χ4v) is 1.54. The van der Waals surface area contributed by atoms with Crippen LogP contribution in [0.4, 0.5) is 0 Å². The molecule has 17 heavy (non-hydrogen) atoms. The minimum atomic E-state index is -0.649. The fourth-order valence-electron chi connectivity index (χ4n) is 1.54. The normalized spacial score (nSPS) is 13.5. The van der Waals surface area contributed by atoms with E-state index in [4.69, 9.17) is 10.5 Å². The molecular formula is C12H21N3O2. The maximum Gasteiger partial charge on any atom is 0.323 e. The lowest BCUT2D eigenvalue weighted by Crippen LogP contribution is -2.39. The van der Waals surface area contributed by atoms with Gasteiger partial charge in [0.05, 0.1) is 5.69 Å². The van der Waals surface area contributed by atoms with E-state index in [1.165, 1.54) is 0 Å². The SMILES string of the molecule is Cc1cc(CC(N)C(=O)OC(C)(C)C)n(C)n1. The van der Waals surface area contributed by atoms with Crippen molar-refractivity contribution in [2.24, 2.45) is 12.8 Å². The number of hydrogen-bond acceptors (Lipinski definition) is 4. The number of aromatic nitrogens is 2. The van der Waals surface area contributed by atoms with Crippen LogP contribution in [0.3, 0.4) is 0 Å². The smallest absolute Gasteiger partial charge is 0.323 e. The van der Waals surface area contributed by atoms with Crippen LogP contribution in [0.1, 0.15) is 32.2 Å². The molecule has 2 N–H and O–H groups in total. The van der Waals surface area contributed by atoms with Crippen molar-refractivity contribution in [2.75, 3.05) is 0 Å². The van der Waals surface area contributed by atoms with Crippen molar-refractivity contribution < 1.29 is 9.53 Å². The second-order valence-electron chi connectivity index (χ2n) is 5.24. The first-order valence-electron chi connectivity index (χ1n) is 5.67. The van der Waals surface area contributed by atoms with E-state index in [1.807, 2.05) is 40.8 Å². The quantitative estimate of drug-likeness (QED) is 0.797. The Balaban J connectivity index is 2.63. The van der Waals surface area contributed by atoms with E-state index < -0.39 is 11.6 Å². The average Bonchev–Trinajstić information content (AvgIpc) is 2.42. The first-order chi connectivity index (χ1) is 7.69. The van der Waals surface area contributed by atoms with Gasteiger partial charge in [-0.15, -0.1) is 0 Å². The van der Waals surface area contributed by atoms with Crippen LogP contribution in [-0.2, 0) is 23.0 Å². The highest BCUT2D eigenvalue weighted by molar-refractivity contribution is 5.76. The summed E-state index contributed by atoms with van der Waals surface area (Å²) in [6.45, 7) is 7.38. The molecule has 0 fully saturated rings. The summed E-state index contributed by atoms with van der Waals surface area (Å²) in [6, 6.07) is 1.27. The molecule has 5 heteroatoms. The number of ether oxygens (including phenoxy) is 1. The van der Waals surface area contributed by atoms with E-state index in [1.54, 1.807) is 4.68 Å². The second kappa shape index (κ2) is 4.87. The Morgan fingerprint density at radius 3 is 2.59 bits per heavy atom. The molecule has 5 nitrogen and oxygen atoms in total. The lowest BCUT2D eigenvalue weighted by Gasteiger charge is -2.22. The van der Waals surface area contributed by atoms with Gasteiger partial charge in [0.25, 0.3) is 0 Å². The minimum Gasteiger partial charge on any atom is -0.459 e. The number of hydrogen-bond donors (Lipinski definition) is 1. The highest BCUT2D eigenvalue weighted by Gasteiger charge is 2.23. The molecule has 0 amide bonds. The minimum absolute atomic E-state index is 0.378. The van der Waals surface area contributed by atoms with Gasteiger partial charge in [-0.05, 0) is 33.8 Å². The van der Waals surface area contributed by atoms with E-state index >= 15 is 0 Å². The topological polar surface area (TPSA) is 70.1 Å². The van der Waals surface area contributed by atoms with Gasteiger partial charge in [0.15, 0.2) is 0 Å². The maximum atomic E-state index is 11.7. The van der Waals surface area contributed by atoms with Gasteiger partial charge in [-0.3, -0.25) is 9.48 Å². The average molecular weight is 239 g/mol. The number of carbonyl (C=O) groups excluding carboxylic acids is 1. The third-order valence-electron chi connectivity index (χ3n) is 2.24. The van der Waals surface area contributed by atoms with Gasteiger partial charge in [0, 0.05) is 19.2 Å². The summed E-state index contributed by atoms with van der Waals surface area (Å²) >= 11 is 0. The monoisotopic (exact) mass is 239 g/mol. The number of carbonyl (C=O) groups is 1. The third-order valence-corrected chi connectivity index (χ3v) is 2.24. The van der Waals surface area contributed by atoms with Crippen LogP contribution < -0.4 is 5.73 Å². The van der Waals surface area contributed by atoms with Crippen LogP contribution in [0.15, 0.2) is 6.07 Å². The van der Waals surface area contributed by atoms with Gasteiger partial charge >= 0.3 is 5.97 Å². The molecule has 1 atom stereocenters. The predicted octanol–water partition coefficient (Wildman–Crippen LogP) is 0.940. The fraction of sp³-hybridized carbons (Fsp3) is 0.667. The van der Waals surface area contributed by atoms with Crippen LogP contribution >= 0.6 is 0 Å². The highest BCUT2D eigenvalue weighted by Crippen LogP contribution is 2.10. The summed E-state index contributed by atoms with van der Waals surface area (Å²) in [5, 5.41) is 4.21. The summed E-state index contributed by atoms with van der Waals surface area (Å²) < 4.78 is 6.96. The molecule has 0 saturated carbocycles. The van der Waals surface area contributed by atoms with Crippen molar-refractivity contribution in [3.63, 3.8) is 0 Å². The second-order valence-corrected chi connectivity index (χ2v) is 5.24. The van der Waals surface area contributed by atoms with Crippen LogP contribution in [0.2, 0.25) is 0 Å². The lowest BCUT2D eigenvalue weighted by molar-refractivity contribution is -0.156. The van der Waals surface area contributed by atoms with Gasteiger partial charge in [0.2, 0.25) is 0 Å². The maximum absolute atomic E-state index is 11.7. The van der Waals surface area contributed by atoms with Crippen LogP contribution in [0.25, 0.3) is 0 Å².